The van der Waals surface area contributed by atoms with Crippen LogP contribution in [0.4, 0.5) is 10.1 Å². The van der Waals surface area contributed by atoms with Crippen LogP contribution in [0.15, 0.2) is 35.2 Å². The van der Waals surface area contributed by atoms with Crippen molar-refractivity contribution < 1.29 is 9.18 Å². The summed E-state index contributed by atoms with van der Waals surface area (Å²) in [6.07, 6.45) is 0. The first-order valence-electron chi connectivity index (χ1n) is 7.60. The van der Waals surface area contributed by atoms with Crippen molar-refractivity contribution in [1.82, 2.24) is 0 Å². The van der Waals surface area contributed by atoms with E-state index in [0.717, 1.165) is 0 Å². The van der Waals surface area contributed by atoms with Gasteiger partial charge in [-0.05, 0) is 81.1 Å². The zero-order valence-electron chi connectivity index (χ0n) is 14.2. The van der Waals surface area contributed by atoms with E-state index in [1.165, 1.54) is 39.3 Å². The lowest BCUT2D eigenvalue weighted by Gasteiger charge is -2.18. The number of aryl methyl sites for hydroxylation is 2. The molecule has 0 saturated heterocycles. The Bertz CT molecular complexity index is 699. The van der Waals surface area contributed by atoms with E-state index >= 15 is 0 Å². The zero-order valence-corrected chi connectivity index (χ0v) is 15.0. The van der Waals surface area contributed by atoms with Crippen LogP contribution >= 0.6 is 11.8 Å². The molecule has 1 amide bonds. The monoisotopic (exact) mass is 331 g/mol. The Morgan fingerprint density at radius 1 is 1.04 bits per heavy atom. The van der Waals surface area contributed by atoms with Gasteiger partial charge in [-0.15, -0.1) is 11.8 Å². The smallest absolute Gasteiger partial charge is 0.237 e. The number of benzene rings is 2. The number of carbonyl (C=O) groups excluding carboxylic acids is 1. The predicted octanol–water partition coefficient (Wildman–Crippen LogP) is 5.18. The number of hydrogen-bond donors (Lipinski definition) is 1. The molecule has 2 aromatic carbocycles. The molecular weight excluding hydrogens is 309 g/mol. The molecule has 122 valence electrons. The molecule has 0 saturated carbocycles. The second-order valence-electron chi connectivity index (χ2n) is 5.85. The Morgan fingerprint density at radius 2 is 1.57 bits per heavy atom. The maximum absolute atomic E-state index is 12.9. The number of carbonyl (C=O) groups is 1. The van der Waals surface area contributed by atoms with Gasteiger partial charge < -0.3 is 5.32 Å². The number of nitrogens with one attached hydrogen (secondary N) is 1. The Balaban J connectivity index is 2.14. The molecule has 2 rings (SSSR count). The fourth-order valence-electron chi connectivity index (χ4n) is 2.36. The summed E-state index contributed by atoms with van der Waals surface area (Å²) in [5.74, 6) is -0.397. The maximum Gasteiger partial charge on any atom is 0.237 e. The Morgan fingerprint density at radius 3 is 2.09 bits per heavy atom. The lowest BCUT2D eigenvalue weighted by Crippen LogP contribution is -2.22. The van der Waals surface area contributed by atoms with Crippen LogP contribution in [0.2, 0.25) is 0 Å². The molecule has 2 nitrogen and oxygen atoms in total. The highest BCUT2D eigenvalue weighted by atomic mass is 32.2. The van der Waals surface area contributed by atoms with E-state index in [0.29, 0.717) is 5.69 Å². The average Bonchev–Trinajstić information content (AvgIpc) is 2.51. The molecule has 23 heavy (non-hydrogen) atoms. The predicted molar refractivity (Wildman–Crippen MR) is 95.7 cm³/mol. The first-order valence-corrected chi connectivity index (χ1v) is 8.48. The van der Waals surface area contributed by atoms with Crippen molar-refractivity contribution in [1.29, 1.82) is 0 Å². The zero-order chi connectivity index (χ0) is 17.1. The fourth-order valence-corrected chi connectivity index (χ4v) is 3.56. The SMILES string of the molecule is Cc1cc(C)c(C)c(S[C@H](C)C(=O)Nc2ccc(F)cc2)c1C. The Hall–Kier alpha value is -1.81. The molecule has 2 aromatic rings. The standard InChI is InChI=1S/C19H22FNOS/c1-11-10-12(2)14(4)18(13(11)3)23-15(5)19(22)21-17-8-6-16(20)7-9-17/h6-10,15H,1-5H3,(H,21,22)/t15-/m1/s1. The second kappa shape index (κ2) is 7.18. The number of halogens is 1. The van der Waals surface area contributed by atoms with Gasteiger partial charge >= 0.3 is 0 Å². The highest BCUT2D eigenvalue weighted by Gasteiger charge is 2.18. The average molecular weight is 331 g/mol. The molecule has 0 spiro atoms. The van der Waals surface area contributed by atoms with Gasteiger partial charge in [0.15, 0.2) is 0 Å². The highest BCUT2D eigenvalue weighted by Crippen LogP contribution is 2.33. The lowest BCUT2D eigenvalue weighted by atomic mass is 10.0. The van der Waals surface area contributed by atoms with Gasteiger partial charge in [0.05, 0.1) is 5.25 Å². The van der Waals surface area contributed by atoms with Crippen molar-refractivity contribution in [3.63, 3.8) is 0 Å². The van der Waals surface area contributed by atoms with Crippen molar-refractivity contribution in [2.24, 2.45) is 0 Å². The van der Waals surface area contributed by atoms with Crippen molar-refractivity contribution in [2.45, 2.75) is 44.8 Å². The van der Waals surface area contributed by atoms with Gasteiger partial charge in [-0.1, -0.05) is 6.07 Å². The van der Waals surface area contributed by atoms with Crippen LogP contribution < -0.4 is 5.32 Å². The minimum atomic E-state index is -0.313. The molecule has 0 fully saturated rings. The third kappa shape index (κ3) is 4.14. The van der Waals surface area contributed by atoms with Gasteiger partial charge in [-0.2, -0.15) is 0 Å². The molecule has 1 N–H and O–H groups in total. The molecule has 0 bridgehead atoms. The third-order valence-electron chi connectivity index (χ3n) is 4.07. The molecule has 0 aliphatic carbocycles. The first kappa shape index (κ1) is 17.5. The summed E-state index contributed by atoms with van der Waals surface area (Å²) in [6, 6.07) is 7.99. The summed E-state index contributed by atoms with van der Waals surface area (Å²) in [6.45, 7) is 10.3. The molecule has 0 aromatic heterocycles. The van der Waals surface area contributed by atoms with Gasteiger partial charge in [-0.3, -0.25) is 4.79 Å². The Labute approximate surface area is 141 Å². The van der Waals surface area contributed by atoms with Crippen LogP contribution in [-0.2, 0) is 4.79 Å². The summed E-state index contributed by atoms with van der Waals surface area (Å²) < 4.78 is 12.9. The maximum atomic E-state index is 12.9. The van der Waals surface area contributed by atoms with E-state index in [-0.39, 0.29) is 17.0 Å². The lowest BCUT2D eigenvalue weighted by molar-refractivity contribution is -0.115. The van der Waals surface area contributed by atoms with Crippen molar-refractivity contribution in [2.75, 3.05) is 5.32 Å². The van der Waals surface area contributed by atoms with Crippen LogP contribution in [0.5, 0.6) is 0 Å². The largest absolute Gasteiger partial charge is 0.325 e. The van der Waals surface area contributed by atoms with E-state index in [1.54, 1.807) is 23.9 Å². The number of hydrogen-bond acceptors (Lipinski definition) is 2. The molecule has 0 aliphatic rings. The van der Waals surface area contributed by atoms with Crippen LogP contribution in [0.25, 0.3) is 0 Å². The van der Waals surface area contributed by atoms with Gasteiger partial charge in [0.2, 0.25) is 5.91 Å². The third-order valence-corrected chi connectivity index (χ3v) is 5.49. The van der Waals surface area contributed by atoms with E-state index in [9.17, 15) is 9.18 Å². The summed E-state index contributed by atoms with van der Waals surface area (Å²) in [5.41, 5.74) is 5.53. The van der Waals surface area contributed by atoms with Gasteiger partial charge in [0.25, 0.3) is 0 Å². The number of amides is 1. The van der Waals surface area contributed by atoms with Gasteiger partial charge in [0, 0.05) is 10.6 Å². The molecular formula is C19H22FNOS. The molecule has 0 heterocycles. The molecule has 0 unspecified atom stereocenters. The van der Waals surface area contributed by atoms with E-state index in [1.807, 2.05) is 6.92 Å². The molecule has 1 atom stereocenters. The van der Waals surface area contributed by atoms with Crippen LogP contribution in [-0.4, -0.2) is 11.2 Å². The number of anilines is 1. The van der Waals surface area contributed by atoms with Crippen LogP contribution in [0, 0.1) is 33.5 Å². The number of thioether (sulfide) groups is 1. The quantitative estimate of drug-likeness (QED) is 0.782. The van der Waals surface area contributed by atoms with Crippen molar-refractivity contribution in [3.8, 4) is 0 Å². The molecule has 0 radical (unpaired) electrons. The van der Waals surface area contributed by atoms with Gasteiger partial charge in [0.1, 0.15) is 5.82 Å². The van der Waals surface area contributed by atoms with Crippen LogP contribution in [0.1, 0.15) is 29.2 Å². The van der Waals surface area contributed by atoms with E-state index in [2.05, 4.69) is 39.1 Å². The van der Waals surface area contributed by atoms with E-state index < -0.39 is 0 Å². The van der Waals surface area contributed by atoms with Crippen molar-refractivity contribution >= 4 is 23.4 Å². The van der Waals surface area contributed by atoms with Crippen molar-refractivity contribution in [3.05, 3.63) is 58.4 Å². The summed E-state index contributed by atoms with van der Waals surface area (Å²) in [5, 5.41) is 2.59. The van der Waals surface area contributed by atoms with Crippen LogP contribution in [0.3, 0.4) is 0 Å². The Kier molecular flexibility index (Phi) is 5.47. The molecule has 0 aliphatic heterocycles. The first-order chi connectivity index (χ1) is 10.8. The minimum Gasteiger partial charge on any atom is -0.325 e. The van der Waals surface area contributed by atoms with E-state index in [4.69, 9.17) is 0 Å². The topological polar surface area (TPSA) is 29.1 Å². The summed E-state index contributed by atoms with van der Waals surface area (Å²) in [7, 11) is 0. The summed E-state index contributed by atoms with van der Waals surface area (Å²) >= 11 is 1.57. The highest BCUT2D eigenvalue weighted by molar-refractivity contribution is 8.00. The minimum absolute atomic E-state index is 0.0837. The fraction of sp³-hybridized carbons (Fsp3) is 0.316. The normalized spacial score (nSPS) is 12.1. The summed E-state index contributed by atoms with van der Waals surface area (Å²) in [4.78, 5) is 13.5. The second-order valence-corrected chi connectivity index (χ2v) is 7.20. The molecule has 4 heteroatoms. The number of rotatable bonds is 4. The van der Waals surface area contributed by atoms with Gasteiger partial charge in [-0.25, -0.2) is 4.39 Å².